The fourth-order valence-corrected chi connectivity index (χ4v) is 3.51. The Morgan fingerprint density at radius 1 is 1.19 bits per heavy atom. The molecule has 0 aliphatic carbocycles. The number of anilines is 1. The standard InChI is InChI=1S/C16H16N2O2S/c1-10-4-3-5-11(2)13(10)9-21(19)16-18-14-7-6-12(17)8-15(14)20-16/h3-8H,9,17H2,1-2H3. The van der Waals surface area contributed by atoms with Crippen LogP contribution < -0.4 is 5.73 Å². The van der Waals surface area contributed by atoms with Crippen LogP contribution in [0.3, 0.4) is 0 Å². The minimum atomic E-state index is -1.31. The second kappa shape index (κ2) is 5.33. The molecule has 0 fully saturated rings. The lowest BCUT2D eigenvalue weighted by molar-refractivity contribution is 0.477. The first kappa shape index (κ1) is 13.8. The van der Waals surface area contributed by atoms with Crippen molar-refractivity contribution in [3.63, 3.8) is 0 Å². The maximum Gasteiger partial charge on any atom is 0.288 e. The zero-order valence-electron chi connectivity index (χ0n) is 11.9. The smallest absolute Gasteiger partial charge is 0.288 e. The summed E-state index contributed by atoms with van der Waals surface area (Å²) in [6, 6.07) is 11.3. The molecule has 1 heterocycles. The molecule has 0 aliphatic rings. The second-order valence-electron chi connectivity index (χ2n) is 5.07. The number of nitrogen functional groups attached to an aromatic ring is 1. The lowest BCUT2D eigenvalue weighted by Gasteiger charge is -2.07. The van der Waals surface area contributed by atoms with E-state index in [1.807, 2.05) is 32.0 Å². The van der Waals surface area contributed by atoms with Gasteiger partial charge in [0.15, 0.2) is 5.58 Å². The van der Waals surface area contributed by atoms with Gasteiger partial charge >= 0.3 is 0 Å². The van der Waals surface area contributed by atoms with Gasteiger partial charge in [-0.3, -0.25) is 0 Å². The number of rotatable bonds is 3. The summed E-state index contributed by atoms with van der Waals surface area (Å²) in [5.74, 6) is 0.404. The molecule has 2 N–H and O–H groups in total. The highest BCUT2D eigenvalue weighted by Gasteiger charge is 2.15. The molecule has 3 rings (SSSR count). The molecule has 2 aromatic carbocycles. The number of hydrogen-bond donors (Lipinski definition) is 1. The molecule has 0 radical (unpaired) electrons. The molecule has 0 saturated carbocycles. The summed E-state index contributed by atoms with van der Waals surface area (Å²) in [6.07, 6.45) is 0. The molecule has 0 saturated heterocycles. The van der Waals surface area contributed by atoms with Crippen molar-refractivity contribution in [1.82, 2.24) is 4.98 Å². The van der Waals surface area contributed by atoms with Crippen molar-refractivity contribution < 1.29 is 8.63 Å². The largest absolute Gasteiger partial charge is 0.430 e. The molecular weight excluding hydrogens is 284 g/mol. The lowest BCUT2D eigenvalue weighted by Crippen LogP contribution is -2.01. The molecule has 1 atom stereocenters. The van der Waals surface area contributed by atoms with Crippen LogP contribution in [0.25, 0.3) is 11.1 Å². The average Bonchev–Trinajstić information content (AvgIpc) is 2.86. The van der Waals surface area contributed by atoms with Crippen molar-refractivity contribution in [1.29, 1.82) is 0 Å². The van der Waals surface area contributed by atoms with Gasteiger partial charge in [0.2, 0.25) is 0 Å². The van der Waals surface area contributed by atoms with E-state index in [1.54, 1.807) is 18.2 Å². The van der Waals surface area contributed by atoms with Crippen LogP contribution in [0.4, 0.5) is 5.69 Å². The Labute approximate surface area is 125 Å². The van der Waals surface area contributed by atoms with Crippen molar-refractivity contribution >= 4 is 27.6 Å². The maximum absolute atomic E-state index is 12.5. The molecule has 1 unspecified atom stereocenters. The van der Waals surface area contributed by atoms with E-state index < -0.39 is 10.8 Å². The molecular formula is C16H16N2O2S. The molecule has 4 nitrogen and oxygen atoms in total. The number of hydrogen-bond acceptors (Lipinski definition) is 4. The van der Waals surface area contributed by atoms with E-state index in [4.69, 9.17) is 10.2 Å². The number of fused-ring (bicyclic) bond motifs is 1. The van der Waals surface area contributed by atoms with Crippen LogP contribution in [0, 0.1) is 13.8 Å². The van der Waals surface area contributed by atoms with Crippen LogP contribution >= 0.6 is 0 Å². The second-order valence-corrected chi connectivity index (χ2v) is 6.40. The Hall–Kier alpha value is -2.14. The summed E-state index contributed by atoms with van der Waals surface area (Å²) in [6.45, 7) is 4.04. The van der Waals surface area contributed by atoms with Gasteiger partial charge in [-0.25, -0.2) is 9.19 Å². The Morgan fingerprint density at radius 2 is 1.90 bits per heavy atom. The van der Waals surface area contributed by atoms with E-state index in [-0.39, 0.29) is 5.22 Å². The van der Waals surface area contributed by atoms with Gasteiger partial charge in [-0.2, -0.15) is 0 Å². The van der Waals surface area contributed by atoms with E-state index in [9.17, 15) is 4.21 Å². The predicted octanol–water partition coefficient (Wildman–Crippen LogP) is 3.33. The Balaban J connectivity index is 1.94. The minimum absolute atomic E-state index is 0.248. The van der Waals surface area contributed by atoms with Gasteiger partial charge in [0.05, 0.1) is 5.75 Å². The first-order chi connectivity index (χ1) is 10.0. The Kier molecular flexibility index (Phi) is 3.51. The highest BCUT2D eigenvalue weighted by molar-refractivity contribution is 7.84. The molecule has 0 bridgehead atoms. The number of aryl methyl sites for hydroxylation is 2. The third-order valence-corrected chi connectivity index (χ3v) is 4.62. The number of oxazole rings is 1. The number of nitrogens with two attached hydrogens (primary N) is 1. The van der Waals surface area contributed by atoms with E-state index in [1.165, 1.54) is 0 Å². The molecule has 5 heteroatoms. The summed E-state index contributed by atoms with van der Waals surface area (Å²) in [5, 5.41) is 0.248. The van der Waals surface area contributed by atoms with E-state index >= 15 is 0 Å². The quantitative estimate of drug-likeness (QED) is 0.753. The number of nitrogens with zero attached hydrogens (tertiary/aromatic N) is 1. The lowest BCUT2D eigenvalue weighted by atomic mass is 10.1. The van der Waals surface area contributed by atoms with Crippen LogP contribution in [-0.4, -0.2) is 9.19 Å². The normalized spacial score (nSPS) is 12.7. The molecule has 21 heavy (non-hydrogen) atoms. The van der Waals surface area contributed by atoms with Crippen LogP contribution in [0.15, 0.2) is 46.0 Å². The summed E-state index contributed by atoms with van der Waals surface area (Å²) in [4.78, 5) is 4.29. The molecule has 108 valence electrons. The SMILES string of the molecule is Cc1cccc(C)c1CS(=O)c1nc2ccc(N)cc2o1. The highest BCUT2D eigenvalue weighted by atomic mass is 32.2. The van der Waals surface area contributed by atoms with Crippen molar-refractivity contribution in [2.24, 2.45) is 0 Å². The predicted molar refractivity (Wildman–Crippen MR) is 84.4 cm³/mol. The first-order valence-electron chi connectivity index (χ1n) is 6.64. The Bertz CT molecular complexity index is 819. The molecule has 0 spiro atoms. The maximum atomic E-state index is 12.5. The van der Waals surface area contributed by atoms with Gasteiger partial charge in [-0.05, 0) is 42.7 Å². The summed E-state index contributed by atoms with van der Waals surface area (Å²) in [5.41, 5.74) is 10.9. The van der Waals surface area contributed by atoms with Gasteiger partial charge in [0.1, 0.15) is 16.3 Å². The number of aromatic nitrogens is 1. The minimum Gasteiger partial charge on any atom is -0.430 e. The van der Waals surface area contributed by atoms with Crippen LogP contribution in [0.5, 0.6) is 0 Å². The van der Waals surface area contributed by atoms with E-state index in [0.29, 0.717) is 22.5 Å². The van der Waals surface area contributed by atoms with Crippen molar-refractivity contribution in [2.45, 2.75) is 24.8 Å². The monoisotopic (exact) mass is 300 g/mol. The fraction of sp³-hybridized carbons (Fsp3) is 0.188. The molecule has 0 aliphatic heterocycles. The topological polar surface area (TPSA) is 69.1 Å². The van der Waals surface area contributed by atoms with Gasteiger partial charge in [0.25, 0.3) is 5.22 Å². The molecule has 3 aromatic rings. The zero-order valence-corrected chi connectivity index (χ0v) is 12.7. The third-order valence-electron chi connectivity index (χ3n) is 3.51. The highest BCUT2D eigenvalue weighted by Crippen LogP contribution is 2.23. The summed E-state index contributed by atoms with van der Waals surface area (Å²) >= 11 is 0. The van der Waals surface area contributed by atoms with Gasteiger partial charge in [0, 0.05) is 11.8 Å². The van der Waals surface area contributed by atoms with Gasteiger partial charge in [-0.15, -0.1) is 0 Å². The first-order valence-corrected chi connectivity index (χ1v) is 7.96. The fourth-order valence-electron chi connectivity index (χ4n) is 2.29. The van der Waals surface area contributed by atoms with Crippen molar-refractivity contribution in [3.8, 4) is 0 Å². The van der Waals surface area contributed by atoms with Crippen molar-refractivity contribution in [3.05, 3.63) is 53.1 Å². The van der Waals surface area contributed by atoms with Gasteiger partial charge < -0.3 is 10.2 Å². The summed E-state index contributed by atoms with van der Waals surface area (Å²) in [7, 11) is -1.31. The van der Waals surface area contributed by atoms with Crippen LogP contribution in [-0.2, 0) is 16.6 Å². The van der Waals surface area contributed by atoms with E-state index in [0.717, 1.165) is 16.7 Å². The van der Waals surface area contributed by atoms with Crippen molar-refractivity contribution in [2.75, 3.05) is 5.73 Å². The summed E-state index contributed by atoms with van der Waals surface area (Å²) < 4.78 is 18.1. The third kappa shape index (κ3) is 2.69. The van der Waals surface area contributed by atoms with Gasteiger partial charge in [-0.1, -0.05) is 18.2 Å². The zero-order chi connectivity index (χ0) is 15.0. The molecule has 1 aromatic heterocycles. The van der Waals surface area contributed by atoms with E-state index in [2.05, 4.69) is 4.98 Å². The Morgan fingerprint density at radius 3 is 2.62 bits per heavy atom. The van der Waals surface area contributed by atoms with Crippen LogP contribution in [0.2, 0.25) is 0 Å². The average molecular weight is 300 g/mol. The molecule has 0 amide bonds. The van der Waals surface area contributed by atoms with Crippen LogP contribution in [0.1, 0.15) is 16.7 Å². The number of benzene rings is 2.